The number of carbonyl (C=O) groups excluding carboxylic acids is 1. The summed E-state index contributed by atoms with van der Waals surface area (Å²) in [5, 5.41) is 2.89. The van der Waals surface area contributed by atoms with E-state index in [9.17, 15) is 13.2 Å². The van der Waals surface area contributed by atoms with Crippen molar-refractivity contribution >= 4 is 27.7 Å². The molecule has 1 aromatic heterocycles. The van der Waals surface area contributed by atoms with E-state index in [0.717, 1.165) is 43.5 Å². The summed E-state index contributed by atoms with van der Waals surface area (Å²) in [6.45, 7) is 7.19. The Balaban J connectivity index is 1.46. The third kappa shape index (κ3) is 5.49. The number of hydrogen-bond acceptors (Lipinski definition) is 5. The van der Waals surface area contributed by atoms with Gasteiger partial charge in [0.1, 0.15) is 10.6 Å². The summed E-state index contributed by atoms with van der Waals surface area (Å²) < 4.78 is 26.8. The molecule has 2 aliphatic rings. The molecule has 0 bridgehead atoms. The topological polar surface area (TPSA) is 85.5 Å². The summed E-state index contributed by atoms with van der Waals surface area (Å²) in [6.07, 6.45) is 4.88. The first kappa shape index (κ1) is 20.7. The van der Waals surface area contributed by atoms with Crippen molar-refractivity contribution in [2.24, 2.45) is 5.92 Å². The van der Waals surface area contributed by atoms with Crippen LogP contribution in [0.4, 0.5) is 0 Å². The van der Waals surface area contributed by atoms with Crippen LogP contribution in [0.1, 0.15) is 36.7 Å². The number of nitrogens with one attached hydrogen (secondary N) is 2. The normalized spacial score (nSPS) is 22.6. The Hall–Kier alpha value is -1.03. The molecule has 27 heavy (non-hydrogen) atoms. The predicted octanol–water partition coefficient (Wildman–Crippen LogP) is 1.60. The van der Waals surface area contributed by atoms with Gasteiger partial charge < -0.3 is 15.2 Å². The predicted molar refractivity (Wildman–Crippen MR) is 109 cm³/mol. The Morgan fingerprint density at radius 2 is 2.11 bits per heavy atom. The molecule has 1 unspecified atom stereocenters. The number of thioether (sulfide) groups is 1. The minimum atomic E-state index is -3.52. The number of carbonyl (C=O) groups is 1. The summed E-state index contributed by atoms with van der Waals surface area (Å²) >= 11 is 1.76. The van der Waals surface area contributed by atoms with E-state index in [4.69, 9.17) is 0 Å². The van der Waals surface area contributed by atoms with Gasteiger partial charge in [-0.15, -0.1) is 0 Å². The van der Waals surface area contributed by atoms with E-state index in [1.165, 1.54) is 29.4 Å². The van der Waals surface area contributed by atoms with Gasteiger partial charge in [0, 0.05) is 43.9 Å². The van der Waals surface area contributed by atoms with Crippen LogP contribution in [0, 0.1) is 5.92 Å². The van der Waals surface area contributed by atoms with Crippen LogP contribution < -0.4 is 5.32 Å². The Bertz CT molecular complexity index is 729. The Labute approximate surface area is 166 Å². The molecule has 0 saturated carbocycles. The van der Waals surface area contributed by atoms with Gasteiger partial charge in [-0.25, -0.2) is 8.42 Å². The van der Waals surface area contributed by atoms with E-state index < -0.39 is 10.0 Å². The molecule has 1 amide bonds. The third-order valence-electron chi connectivity index (χ3n) is 5.19. The highest BCUT2D eigenvalue weighted by molar-refractivity contribution is 7.99. The number of aromatic nitrogens is 1. The first-order valence-corrected chi connectivity index (χ1v) is 12.3. The van der Waals surface area contributed by atoms with Crippen LogP contribution in [0.5, 0.6) is 0 Å². The fraction of sp³-hybridized carbons (Fsp3) is 0.722. The van der Waals surface area contributed by atoms with Crippen LogP contribution in [-0.2, 0) is 10.0 Å². The Morgan fingerprint density at radius 3 is 2.85 bits per heavy atom. The summed E-state index contributed by atoms with van der Waals surface area (Å²) in [6, 6.07) is 1.44. The number of piperidine rings is 1. The fourth-order valence-electron chi connectivity index (χ4n) is 3.68. The average molecular weight is 415 g/mol. The third-order valence-corrected chi connectivity index (χ3v) is 8.01. The molecule has 2 saturated heterocycles. The van der Waals surface area contributed by atoms with Crippen molar-refractivity contribution in [2.75, 3.05) is 50.8 Å². The van der Waals surface area contributed by atoms with Crippen molar-refractivity contribution in [3.63, 3.8) is 0 Å². The summed E-state index contributed by atoms with van der Waals surface area (Å²) in [5.74, 6) is 2.13. The molecular formula is C18H30N4O3S2. The summed E-state index contributed by atoms with van der Waals surface area (Å²) in [4.78, 5) is 17.7. The number of rotatable bonds is 7. The lowest BCUT2D eigenvalue weighted by molar-refractivity contribution is 0.0945. The maximum Gasteiger partial charge on any atom is 0.267 e. The second kappa shape index (κ2) is 9.45. The number of likely N-dealkylation sites (tertiary alicyclic amines) is 1. The van der Waals surface area contributed by atoms with E-state index in [0.29, 0.717) is 25.3 Å². The van der Waals surface area contributed by atoms with Gasteiger partial charge in [-0.2, -0.15) is 16.1 Å². The van der Waals surface area contributed by atoms with Crippen LogP contribution in [0.3, 0.4) is 0 Å². The van der Waals surface area contributed by atoms with E-state index in [-0.39, 0.29) is 10.8 Å². The van der Waals surface area contributed by atoms with Gasteiger partial charge in [-0.3, -0.25) is 4.79 Å². The van der Waals surface area contributed by atoms with Crippen molar-refractivity contribution in [3.05, 3.63) is 18.0 Å². The Morgan fingerprint density at radius 1 is 1.33 bits per heavy atom. The molecule has 1 aromatic rings. The van der Waals surface area contributed by atoms with Crippen molar-refractivity contribution in [1.82, 2.24) is 19.5 Å². The first-order valence-electron chi connectivity index (χ1n) is 9.73. The molecule has 0 spiro atoms. The lowest BCUT2D eigenvalue weighted by atomic mass is 10.0. The standard InChI is InChI=1S/C18H30N4O3S2/c1-15-4-2-6-21(14-15)7-3-5-19-18(23)17-12-16(13-20-17)27(24,25)22-8-10-26-11-9-22/h12-13,15,20H,2-11,14H2,1H3,(H,19,23). The van der Waals surface area contributed by atoms with Gasteiger partial charge in [0.25, 0.3) is 5.91 Å². The van der Waals surface area contributed by atoms with E-state index in [2.05, 4.69) is 22.1 Å². The zero-order valence-electron chi connectivity index (χ0n) is 15.9. The largest absolute Gasteiger partial charge is 0.356 e. The average Bonchev–Trinajstić information content (AvgIpc) is 3.17. The molecule has 2 fully saturated rings. The second-order valence-corrected chi connectivity index (χ2v) is 10.6. The molecule has 0 aliphatic carbocycles. The second-order valence-electron chi connectivity index (χ2n) is 7.42. The van der Waals surface area contributed by atoms with Crippen LogP contribution in [0.15, 0.2) is 17.2 Å². The summed E-state index contributed by atoms with van der Waals surface area (Å²) in [7, 11) is -3.52. The Kier molecular flexibility index (Phi) is 7.24. The molecule has 2 aliphatic heterocycles. The quantitative estimate of drug-likeness (QED) is 0.662. The molecule has 152 valence electrons. The molecule has 3 heterocycles. The lowest BCUT2D eigenvalue weighted by Crippen LogP contribution is -2.37. The number of hydrogen-bond donors (Lipinski definition) is 2. The molecule has 2 N–H and O–H groups in total. The first-order chi connectivity index (χ1) is 13.0. The van der Waals surface area contributed by atoms with Gasteiger partial charge >= 0.3 is 0 Å². The van der Waals surface area contributed by atoms with Gasteiger partial charge in [0.2, 0.25) is 10.0 Å². The maximum atomic E-state index is 12.6. The van der Waals surface area contributed by atoms with Crippen LogP contribution in [-0.4, -0.2) is 79.3 Å². The molecule has 9 heteroatoms. The van der Waals surface area contributed by atoms with Gasteiger partial charge in [0.05, 0.1) is 0 Å². The summed E-state index contributed by atoms with van der Waals surface area (Å²) in [5.41, 5.74) is 0.298. The highest BCUT2D eigenvalue weighted by Crippen LogP contribution is 2.21. The number of nitrogens with zero attached hydrogens (tertiary/aromatic N) is 2. The number of aromatic amines is 1. The van der Waals surface area contributed by atoms with Gasteiger partial charge in [-0.05, 0) is 44.3 Å². The minimum absolute atomic E-state index is 0.168. The van der Waals surface area contributed by atoms with Crippen molar-refractivity contribution < 1.29 is 13.2 Å². The van der Waals surface area contributed by atoms with Gasteiger partial charge in [-0.1, -0.05) is 6.92 Å². The SMILES string of the molecule is CC1CCCN(CCCNC(=O)c2cc(S(=O)(=O)N3CCSCC3)c[nH]2)C1. The number of amides is 1. The molecule has 1 atom stereocenters. The van der Waals surface area contributed by atoms with Crippen molar-refractivity contribution in [1.29, 1.82) is 0 Å². The highest BCUT2D eigenvalue weighted by atomic mass is 32.2. The maximum absolute atomic E-state index is 12.6. The number of sulfonamides is 1. The molecule has 7 nitrogen and oxygen atoms in total. The fourth-order valence-corrected chi connectivity index (χ4v) is 6.25. The lowest BCUT2D eigenvalue weighted by Gasteiger charge is -2.30. The van der Waals surface area contributed by atoms with Crippen molar-refractivity contribution in [3.8, 4) is 0 Å². The minimum Gasteiger partial charge on any atom is -0.356 e. The smallest absolute Gasteiger partial charge is 0.267 e. The molecule has 0 radical (unpaired) electrons. The van der Waals surface area contributed by atoms with E-state index in [1.807, 2.05) is 0 Å². The van der Waals surface area contributed by atoms with Gasteiger partial charge in [0.15, 0.2) is 0 Å². The van der Waals surface area contributed by atoms with Crippen LogP contribution >= 0.6 is 11.8 Å². The van der Waals surface area contributed by atoms with Crippen LogP contribution in [0.25, 0.3) is 0 Å². The van der Waals surface area contributed by atoms with Crippen molar-refractivity contribution in [2.45, 2.75) is 31.1 Å². The molecule has 0 aromatic carbocycles. The van der Waals surface area contributed by atoms with Crippen LogP contribution in [0.2, 0.25) is 0 Å². The van der Waals surface area contributed by atoms with E-state index >= 15 is 0 Å². The zero-order valence-corrected chi connectivity index (χ0v) is 17.6. The highest BCUT2D eigenvalue weighted by Gasteiger charge is 2.27. The molecular weight excluding hydrogens is 384 g/mol. The molecule has 3 rings (SSSR count). The van der Waals surface area contributed by atoms with E-state index in [1.54, 1.807) is 11.8 Å². The monoisotopic (exact) mass is 414 g/mol. The zero-order chi connectivity index (χ0) is 19.3. The number of H-pyrrole nitrogens is 1.